The molecule has 1 atom stereocenters. The van der Waals surface area contributed by atoms with Crippen molar-refractivity contribution in [1.82, 2.24) is 5.32 Å². The van der Waals surface area contributed by atoms with Gasteiger partial charge in [0, 0.05) is 6.54 Å². The van der Waals surface area contributed by atoms with Crippen molar-refractivity contribution in [3.63, 3.8) is 0 Å². The Morgan fingerprint density at radius 3 is 3.15 bits per heavy atom. The van der Waals surface area contributed by atoms with Crippen LogP contribution in [0.5, 0.6) is 0 Å². The van der Waals surface area contributed by atoms with Crippen molar-refractivity contribution in [1.29, 1.82) is 0 Å². The first-order chi connectivity index (χ1) is 6.33. The van der Waals surface area contributed by atoms with Gasteiger partial charge in [0.05, 0.1) is 13.0 Å². The lowest BCUT2D eigenvalue weighted by Crippen LogP contribution is -2.07. The van der Waals surface area contributed by atoms with E-state index in [1.54, 1.807) is 0 Å². The Hall–Kier alpha value is -0.830. The zero-order chi connectivity index (χ0) is 9.52. The molecular weight excluding hydrogens is 166 g/mol. The summed E-state index contributed by atoms with van der Waals surface area (Å²) in [6, 6.07) is 0. The fourth-order valence-corrected chi connectivity index (χ4v) is 1.42. The minimum absolute atomic E-state index is 0.135. The molecule has 1 heterocycles. The molecule has 0 spiro atoms. The number of esters is 1. The van der Waals surface area contributed by atoms with E-state index >= 15 is 0 Å². The number of rotatable bonds is 4. The van der Waals surface area contributed by atoms with Crippen molar-refractivity contribution in [2.75, 3.05) is 19.7 Å². The Balaban J connectivity index is 2.12. The summed E-state index contributed by atoms with van der Waals surface area (Å²) >= 11 is 0. The summed E-state index contributed by atoms with van der Waals surface area (Å²) in [5, 5.41) is 3.27. The topological polar surface area (TPSA) is 38.3 Å². The SMILES string of the molecule is CCOC(=O)C/C=C/C1CCNC1. The van der Waals surface area contributed by atoms with Gasteiger partial charge in [0.15, 0.2) is 0 Å². The molecule has 1 unspecified atom stereocenters. The summed E-state index contributed by atoms with van der Waals surface area (Å²) in [6.07, 6.45) is 5.61. The highest BCUT2D eigenvalue weighted by Gasteiger charge is 2.10. The van der Waals surface area contributed by atoms with E-state index in [4.69, 9.17) is 4.74 Å². The van der Waals surface area contributed by atoms with Gasteiger partial charge in [-0.2, -0.15) is 0 Å². The highest BCUT2D eigenvalue weighted by Crippen LogP contribution is 2.08. The predicted molar refractivity (Wildman–Crippen MR) is 51.4 cm³/mol. The van der Waals surface area contributed by atoms with Crippen molar-refractivity contribution < 1.29 is 9.53 Å². The first kappa shape index (κ1) is 10.3. The fourth-order valence-electron chi connectivity index (χ4n) is 1.42. The molecule has 1 aliphatic heterocycles. The number of ether oxygens (including phenoxy) is 1. The molecule has 0 saturated carbocycles. The second-order valence-electron chi connectivity index (χ2n) is 3.19. The van der Waals surface area contributed by atoms with Gasteiger partial charge >= 0.3 is 5.97 Å². The van der Waals surface area contributed by atoms with Crippen LogP contribution in [-0.4, -0.2) is 25.7 Å². The van der Waals surface area contributed by atoms with Crippen molar-refractivity contribution in [3.05, 3.63) is 12.2 Å². The zero-order valence-corrected chi connectivity index (χ0v) is 8.08. The molecule has 1 saturated heterocycles. The molecule has 3 heteroatoms. The lowest BCUT2D eigenvalue weighted by Gasteiger charge is -1.99. The average Bonchev–Trinajstić information content (AvgIpc) is 2.57. The summed E-state index contributed by atoms with van der Waals surface area (Å²) in [5.41, 5.74) is 0. The van der Waals surface area contributed by atoms with Crippen molar-refractivity contribution >= 4 is 5.97 Å². The summed E-state index contributed by atoms with van der Waals surface area (Å²) in [7, 11) is 0. The van der Waals surface area contributed by atoms with Crippen molar-refractivity contribution in [3.8, 4) is 0 Å². The van der Waals surface area contributed by atoms with Crippen LogP contribution in [0.15, 0.2) is 12.2 Å². The second-order valence-corrected chi connectivity index (χ2v) is 3.19. The first-order valence-corrected chi connectivity index (χ1v) is 4.86. The van der Waals surface area contributed by atoms with E-state index in [0.717, 1.165) is 13.1 Å². The van der Waals surface area contributed by atoms with Crippen molar-refractivity contribution in [2.45, 2.75) is 19.8 Å². The minimum Gasteiger partial charge on any atom is -0.466 e. The highest BCUT2D eigenvalue weighted by atomic mass is 16.5. The number of carbonyl (C=O) groups excluding carboxylic acids is 1. The summed E-state index contributed by atoms with van der Waals surface area (Å²) in [6.45, 7) is 4.42. The van der Waals surface area contributed by atoms with E-state index in [2.05, 4.69) is 11.4 Å². The summed E-state index contributed by atoms with van der Waals surface area (Å²) < 4.78 is 4.80. The molecule has 3 nitrogen and oxygen atoms in total. The average molecular weight is 183 g/mol. The Morgan fingerprint density at radius 2 is 2.54 bits per heavy atom. The maximum atomic E-state index is 10.9. The molecule has 1 rings (SSSR count). The highest BCUT2D eigenvalue weighted by molar-refractivity contribution is 5.71. The molecule has 74 valence electrons. The number of hydrogen-bond acceptors (Lipinski definition) is 3. The molecule has 0 bridgehead atoms. The maximum Gasteiger partial charge on any atom is 0.309 e. The molecule has 0 aromatic rings. The molecule has 0 aliphatic carbocycles. The monoisotopic (exact) mass is 183 g/mol. The van der Waals surface area contributed by atoms with Gasteiger partial charge in [-0.05, 0) is 25.8 Å². The van der Waals surface area contributed by atoms with Gasteiger partial charge in [-0.1, -0.05) is 12.2 Å². The third-order valence-electron chi connectivity index (χ3n) is 2.10. The van der Waals surface area contributed by atoms with E-state index in [-0.39, 0.29) is 5.97 Å². The molecule has 0 aromatic heterocycles. The summed E-state index contributed by atoms with van der Waals surface area (Å²) in [4.78, 5) is 10.9. The second kappa shape index (κ2) is 5.75. The zero-order valence-electron chi connectivity index (χ0n) is 8.08. The van der Waals surface area contributed by atoms with Gasteiger partial charge in [0.2, 0.25) is 0 Å². The van der Waals surface area contributed by atoms with Crippen LogP contribution < -0.4 is 5.32 Å². The van der Waals surface area contributed by atoms with Gasteiger partial charge in [-0.25, -0.2) is 0 Å². The van der Waals surface area contributed by atoms with Crippen LogP contribution in [0, 0.1) is 5.92 Å². The quantitative estimate of drug-likeness (QED) is 0.524. The first-order valence-electron chi connectivity index (χ1n) is 4.86. The predicted octanol–water partition coefficient (Wildman–Crippen LogP) is 1.11. The van der Waals surface area contributed by atoms with Crippen LogP contribution in [0.3, 0.4) is 0 Å². The van der Waals surface area contributed by atoms with Crippen LogP contribution in [0.1, 0.15) is 19.8 Å². The smallest absolute Gasteiger partial charge is 0.309 e. The molecular formula is C10H17NO2. The molecule has 1 fully saturated rings. The van der Waals surface area contributed by atoms with E-state index in [9.17, 15) is 4.79 Å². The van der Waals surface area contributed by atoms with Crippen LogP contribution in [0.4, 0.5) is 0 Å². The van der Waals surface area contributed by atoms with Gasteiger partial charge in [-0.3, -0.25) is 4.79 Å². The largest absolute Gasteiger partial charge is 0.466 e. The maximum absolute atomic E-state index is 10.9. The molecule has 0 aromatic carbocycles. The lowest BCUT2D eigenvalue weighted by atomic mass is 10.1. The Morgan fingerprint density at radius 1 is 1.69 bits per heavy atom. The summed E-state index contributed by atoms with van der Waals surface area (Å²) in [5.74, 6) is 0.471. The minimum atomic E-state index is -0.135. The van der Waals surface area contributed by atoms with Gasteiger partial charge < -0.3 is 10.1 Å². The standard InChI is InChI=1S/C10H17NO2/c1-2-13-10(12)5-3-4-9-6-7-11-8-9/h3-4,9,11H,2,5-8H2,1H3/b4-3+. The van der Waals surface area contributed by atoms with Crippen LogP contribution in [-0.2, 0) is 9.53 Å². The molecule has 1 aliphatic rings. The van der Waals surface area contributed by atoms with Gasteiger partial charge in [0.1, 0.15) is 0 Å². The van der Waals surface area contributed by atoms with E-state index in [1.807, 2.05) is 13.0 Å². The lowest BCUT2D eigenvalue weighted by molar-refractivity contribution is -0.142. The van der Waals surface area contributed by atoms with Crippen LogP contribution in [0.2, 0.25) is 0 Å². The van der Waals surface area contributed by atoms with Crippen LogP contribution in [0.25, 0.3) is 0 Å². The third kappa shape index (κ3) is 4.08. The van der Waals surface area contributed by atoms with Gasteiger partial charge in [0.25, 0.3) is 0 Å². The molecule has 13 heavy (non-hydrogen) atoms. The van der Waals surface area contributed by atoms with E-state index in [1.165, 1.54) is 6.42 Å². The Kier molecular flexibility index (Phi) is 4.54. The number of nitrogens with one attached hydrogen (secondary N) is 1. The Labute approximate surface area is 79.2 Å². The fraction of sp³-hybridized carbons (Fsp3) is 0.700. The van der Waals surface area contributed by atoms with Gasteiger partial charge in [-0.15, -0.1) is 0 Å². The number of carbonyl (C=O) groups is 1. The van der Waals surface area contributed by atoms with E-state index in [0.29, 0.717) is 18.9 Å². The third-order valence-corrected chi connectivity index (χ3v) is 2.10. The van der Waals surface area contributed by atoms with E-state index < -0.39 is 0 Å². The molecule has 0 amide bonds. The molecule has 1 N–H and O–H groups in total. The Bertz CT molecular complexity index is 183. The van der Waals surface area contributed by atoms with Crippen LogP contribution >= 0.6 is 0 Å². The number of hydrogen-bond donors (Lipinski definition) is 1. The normalized spacial score (nSPS) is 22.4. The molecule has 0 radical (unpaired) electrons. The van der Waals surface area contributed by atoms with Crippen molar-refractivity contribution in [2.24, 2.45) is 5.92 Å².